The summed E-state index contributed by atoms with van der Waals surface area (Å²) in [4.78, 5) is 0. The molecule has 0 aliphatic rings. The Labute approximate surface area is 97.6 Å². The Hall–Kier alpha value is -0.113. The maximum atomic E-state index is 2.48. The molecule has 0 atom stereocenters. The van der Waals surface area contributed by atoms with Crippen molar-refractivity contribution in [1.82, 2.24) is 0 Å². The topological polar surface area (TPSA) is 3.01 Å². The van der Waals surface area contributed by atoms with Crippen LogP contribution in [0.5, 0.6) is 0 Å². The van der Waals surface area contributed by atoms with E-state index in [4.69, 9.17) is 0 Å². The predicted molar refractivity (Wildman–Crippen MR) is 74.0 cm³/mol. The highest BCUT2D eigenvalue weighted by atomic mass is 28.3. The molecule has 0 saturated heterocycles. The Balaban J connectivity index is 4.07. The van der Waals surface area contributed by atoms with Gasteiger partial charge >= 0.3 is 0 Å². The molecular weight excluding hydrogens is 198 g/mol. The molecule has 0 heterocycles. The van der Waals surface area contributed by atoms with Gasteiger partial charge in [0.05, 0.1) is 0 Å². The van der Waals surface area contributed by atoms with E-state index in [1.54, 1.807) is 0 Å². The van der Waals surface area contributed by atoms with Crippen molar-refractivity contribution in [2.75, 3.05) is 13.1 Å². The van der Waals surface area contributed by atoms with Gasteiger partial charge in [0.15, 0.2) is 0 Å². The van der Waals surface area contributed by atoms with Gasteiger partial charge in [-0.05, 0) is 18.4 Å². The second-order valence-corrected chi connectivity index (χ2v) is 12.0. The fourth-order valence-corrected chi connectivity index (χ4v) is 2.50. The molecule has 1 nitrogen and oxygen atoms in total. The van der Waals surface area contributed by atoms with E-state index in [9.17, 15) is 0 Å². The second-order valence-electron chi connectivity index (χ2n) is 6.12. The van der Waals surface area contributed by atoms with Gasteiger partial charge in [0, 0.05) is 21.4 Å². The van der Waals surface area contributed by atoms with Gasteiger partial charge in [-0.1, -0.05) is 33.5 Å². The van der Waals surface area contributed by atoms with Crippen LogP contribution in [0.2, 0.25) is 24.7 Å². The van der Waals surface area contributed by atoms with Crippen LogP contribution >= 0.6 is 0 Å². The van der Waals surface area contributed by atoms with E-state index < -0.39 is 8.07 Å². The first-order valence-electron chi connectivity index (χ1n) is 6.28. The minimum absolute atomic E-state index is 0.570. The third-order valence-electron chi connectivity index (χ3n) is 4.05. The summed E-state index contributed by atoms with van der Waals surface area (Å²) in [6.07, 6.45) is 4.91. The third kappa shape index (κ3) is 4.96. The van der Waals surface area contributed by atoms with Crippen LogP contribution in [0.3, 0.4) is 0 Å². The third-order valence-corrected chi connectivity index (χ3v) is 8.36. The van der Waals surface area contributed by atoms with Gasteiger partial charge in [0.25, 0.3) is 0 Å². The molecule has 90 valence electrons. The first-order chi connectivity index (χ1) is 6.74. The molecule has 0 N–H and O–H groups in total. The fraction of sp³-hybridized carbons (Fsp3) is 0.923. The quantitative estimate of drug-likeness (QED) is 0.367. The lowest BCUT2D eigenvalue weighted by Crippen LogP contribution is -2.35. The SMILES string of the molecule is CC=[N+](CC)CCCC(C)(C)[Si](C)(C)C. The predicted octanol–water partition coefficient (Wildman–Crippen LogP) is 4.01. The molecule has 0 aromatic rings. The van der Waals surface area contributed by atoms with Crippen LogP contribution in [0, 0.1) is 0 Å². The summed E-state index contributed by atoms with van der Waals surface area (Å²) in [5.41, 5.74) is 0. The molecule has 0 aliphatic carbocycles. The molecule has 2 heteroatoms. The van der Waals surface area contributed by atoms with E-state index in [1.807, 2.05) is 0 Å². The molecule has 0 bridgehead atoms. The lowest BCUT2D eigenvalue weighted by Gasteiger charge is -2.37. The summed E-state index contributed by atoms with van der Waals surface area (Å²) in [6, 6.07) is 0. The first kappa shape index (κ1) is 14.9. The van der Waals surface area contributed by atoms with Crippen LogP contribution in [-0.4, -0.2) is 32.0 Å². The molecule has 0 amide bonds. The van der Waals surface area contributed by atoms with Crippen LogP contribution in [0.15, 0.2) is 0 Å². The molecule has 0 fully saturated rings. The maximum absolute atomic E-state index is 2.48. The Morgan fingerprint density at radius 3 is 2.07 bits per heavy atom. The molecule has 0 saturated carbocycles. The zero-order chi connectivity index (χ0) is 12.1. The number of hydrogen-bond acceptors (Lipinski definition) is 0. The summed E-state index contributed by atoms with van der Waals surface area (Å²) in [6.45, 7) is 19.1. The summed E-state index contributed by atoms with van der Waals surface area (Å²) >= 11 is 0. The van der Waals surface area contributed by atoms with Crippen LogP contribution < -0.4 is 0 Å². The van der Waals surface area contributed by atoms with E-state index >= 15 is 0 Å². The maximum Gasteiger partial charge on any atom is 0.142 e. The summed E-state index contributed by atoms with van der Waals surface area (Å²) < 4.78 is 2.40. The average molecular weight is 228 g/mol. The zero-order valence-electron chi connectivity index (χ0n) is 11.9. The molecule has 0 aromatic heterocycles. The standard InChI is InChI=1S/C13H30NSi/c1-8-14(9-2)12-10-11-13(3,4)15(5,6)7/h8H,9-12H2,1-7H3/q+1. The van der Waals surface area contributed by atoms with Crippen LogP contribution in [0.25, 0.3) is 0 Å². The van der Waals surface area contributed by atoms with Gasteiger partial charge in [-0.25, -0.2) is 4.58 Å². The molecule has 0 rings (SSSR count). The van der Waals surface area contributed by atoms with Crippen LogP contribution in [0.1, 0.15) is 40.5 Å². The summed E-state index contributed by atoms with van der Waals surface area (Å²) in [5.74, 6) is 0. The number of rotatable bonds is 6. The van der Waals surface area contributed by atoms with E-state index in [2.05, 4.69) is 58.1 Å². The Morgan fingerprint density at radius 1 is 1.20 bits per heavy atom. The largest absolute Gasteiger partial charge is 0.240 e. The average Bonchev–Trinajstić information content (AvgIpc) is 2.10. The summed E-state index contributed by atoms with van der Waals surface area (Å²) in [5, 5.41) is 0.570. The van der Waals surface area contributed by atoms with Crippen molar-refractivity contribution in [3.05, 3.63) is 0 Å². The lowest BCUT2D eigenvalue weighted by molar-refractivity contribution is -0.520. The summed E-state index contributed by atoms with van der Waals surface area (Å²) in [7, 11) is -1.01. The van der Waals surface area contributed by atoms with Gasteiger partial charge in [-0.15, -0.1) is 0 Å². The lowest BCUT2D eigenvalue weighted by atomic mass is 10.1. The number of hydrogen-bond donors (Lipinski definition) is 0. The second kappa shape index (κ2) is 5.83. The van der Waals surface area contributed by atoms with Crippen molar-refractivity contribution >= 4 is 14.3 Å². The fourth-order valence-electron chi connectivity index (χ4n) is 1.57. The highest BCUT2D eigenvalue weighted by Crippen LogP contribution is 2.41. The minimum Gasteiger partial charge on any atom is -0.240 e. The van der Waals surface area contributed by atoms with E-state index in [0.29, 0.717) is 5.04 Å². The van der Waals surface area contributed by atoms with E-state index in [1.165, 1.54) is 19.4 Å². The molecule has 0 unspecified atom stereocenters. The van der Waals surface area contributed by atoms with Gasteiger partial charge in [-0.2, -0.15) is 0 Å². The highest BCUT2D eigenvalue weighted by Gasteiger charge is 2.33. The molecule has 15 heavy (non-hydrogen) atoms. The first-order valence-corrected chi connectivity index (χ1v) is 9.78. The van der Waals surface area contributed by atoms with Crippen molar-refractivity contribution in [1.29, 1.82) is 0 Å². The van der Waals surface area contributed by atoms with Crippen LogP contribution in [-0.2, 0) is 0 Å². The molecule has 0 aliphatic heterocycles. The van der Waals surface area contributed by atoms with Crippen molar-refractivity contribution in [2.45, 2.75) is 65.2 Å². The van der Waals surface area contributed by atoms with E-state index in [0.717, 1.165) is 6.54 Å². The van der Waals surface area contributed by atoms with Gasteiger partial charge in [0.1, 0.15) is 19.3 Å². The monoisotopic (exact) mass is 228 g/mol. The Morgan fingerprint density at radius 2 is 1.73 bits per heavy atom. The van der Waals surface area contributed by atoms with Crippen molar-refractivity contribution in [3.63, 3.8) is 0 Å². The minimum atomic E-state index is -1.01. The van der Waals surface area contributed by atoms with Gasteiger partial charge < -0.3 is 0 Å². The van der Waals surface area contributed by atoms with E-state index in [-0.39, 0.29) is 0 Å². The Kier molecular flexibility index (Phi) is 5.79. The van der Waals surface area contributed by atoms with Crippen molar-refractivity contribution in [2.24, 2.45) is 0 Å². The zero-order valence-corrected chi connectivity index (χ0v) is 12.9. The van der Waals surface area contributed by atoms with Crippen molar-refractivity contribution < 1.29 is 4.58 Å². The molecule has 0 aromatic carbocycles. The molecule has 0 radical (unpaired) electrons. The van der Waals surface area contributed by atoms with Crippen molar-refractivity contribution in [3.8, 4) is 0 Å². The highest BCUT2D eigenvalue weighted by molar-refractivity contribution is 6.78. The Bertz CT molecular complexity index is 211. The number of nitrogens with zero attached hydrogens (tertiary/aromatic N) is 1. The van der Waals surface area contributed by atoms with Crippen LogP contribution in [0.4, 0.5) is 0 Å². The normalized spacial score (nSPS) is 14.5. The molecular formula is C13H30NSi+. The van der Waals surface area contributed by atoms with Gasteiger partial charge in [-0.3, -0.25) is 0 Å². The smallest absolute Gasteiger partial charge is 0.142 e. The van der Waals surface area contributed by atoms with Gasteiger partial charge in [0.2, 0.25) is 0 Å². The molecule has 0 spiro atoms.